The van der Waals surface area contributed by atoms with Gasteiger partial charge in [-0.05, 0) is 32.0 Å². The summed E-state index contributed by atoms with van der Waals surface area (Å²) in [5.74, 6) is 0.462. The van der Waals surface area contributed by atoms with Gasteiger partial charge in [-0.15, -0.1) is 0 Å². The average Bonchev–Trinajstić information content (AvgIpc) is 2.92. The number of hydrogen-bond donors (Lipinski definition) is 1. The van der Waals surface area contributed by atoms with Gasteiger partial charge in [0.1, 0.15) is 5.75 Å². The van der Waals surface area contributed by atoms with Gasteiger partial charge in [0.05, 0.1) is 25.5 Å². The van der Waals surface area contributed by atoms with Gasteiger partial charge in [0.15, 0.2) is 0 Å². The zero-order valence-corrected chi connectivity index (χ0v) is 15.2. The SMILES string of the molecule is COc1ccc(Cl)cc1NC(=O)CN(Cc1cnn(C)c1)C(C)C. The van der Waals surface area contributed by atoms with Crippen LogP contribution in [-0.2, 0) is 18.4 Å². The molecule has 0 unspecified atom stereocenters. The molecule has 0 fully saturated rings. The van der Waals surface area contributed by atoms with Crippen molar-refractivity contribution in [3.8, 4) is 5.75 Å². The van der Waals surface area contributed by atoms with Gasteiger partial charge in [0, 0.05) is 36.4 Å². The Hall–Kier alpha value is -2.05. The number of benzene rings is 1. The van der Waals surface area contributed by atoms with E-state index in [9.17, 15) is 4.79 Å². The molecule has 0 spiro atoms. The van der Waals surface area contributed by atoms with Crippen molar-refractivity contribution in [2.24, 2.45) is 7.05 Å². The summed E-state index contributed by atoms with van der Waals surface area (Å²) in [6.07, 6.45) is 3.76. The number of hydrogen-bond acceptors (Lipinski definition) is 4. The molecule has 7 heteroatoms. The first-order valence-electron chi connectivity index (χ1n) is 7.74. The molecule has 1 heterocycles. The van der Waals surface area contributed by atoms with Gasteiger partial charge in [0.2, 0.25) is 5.91 Å². The number of carbonyl (C=O) groups is 1. The van der Waals surface area contributed by atoms with Crippen molar-refractivity contribution >= 4 is 23.2 Å². The quantitative estimate of drug-likeness (QED) is 0.834. The van der Waals surface area contributed by atoms with Crippen LogP contribution >= 0.6 is 11.6 Å². The summed E-state index contributed by atoms with van der Waals surface area (Å²) >= 11 is 6.00. The van der Waals surface area contributed by atoms with Crippen LogP contribution in [0.3, 0.4) is 0 Å². The van der Waals surface area contributed by atoms with Crippen molar-refractivity contribution < 1.29 is 9.53 Å². The van der Waals surface area contributed by atoms with Gasteiger partial charge in [-0.1, -0.05) is 11.6 Å². The van der Waals surface area contributed by atoms with Gasteiger partial charge >= 0.3 is 0 Å². The van der Waals surface area contributed by atoms with Crippen molar-refractivity contribution in [2.75, 3.05) is 19.0 Å². The van der Waals surface area contributed by atoms with Gasteiger partial charge in [0.25, 0.3) is 0 Å². The second-order valence-electron chi connectivity index (χ2n) is 5.91. The molecule has 0 aliphatic carbocycles. The number of aryl methyl sites for hydroxylation is 1. The van der Waals surface area contributed by atoms with Crippen molar-refractivity contribution in [2.45, 2.75) is 26.4 Å². The Morgan fingerprint density at radius 1 is 1.46 bits per heavy atom. The van der Waals surface area contributed by atoms with E-state index in [0.29, 0.717) is 23.0 Å². The number of anilines is 1. The third kappa shape index (κ3) is 4.97. The normalized spacial score (nSPS) is 11.1. The molecule has 0 saturated carbocycles. The molecule has 0 atom stereocenters. The predicted octanol–water partition coefficient (Wildman–Crippen LogP) is 2.93. The van der Waals surface area contributed by atoms with E-state index < -0.39 is 0 Å². The number of methoxy groups -OCH3 is 1. The molecule has 2 aromatic rings. The number of nitrogens with one attached hydrogen (secondary N) is 1. The molecule has 130 valence electrons. The molecule has 1 aromatic heterocycles. The number of nitrogens with zero attached hydrogens (tertiary/aromatic N) is 3. The van der Waals surface area contributed by atoms with Gasteiger partial charge in [-0.3, -0.25) is 14.4 Å². The summed E-state index contributed by atoms with van der Waals surface area (Å²) in [7, 11) is 3.43. The van der Waals surface area contributed by atoms with Crippen LogP contribution in [0.4, 0.5) is 5.69 Å². The lowest BCUT2D eigenvalue weighted by Gasteiger charge is -2.25. The molecule has 1 amide bonds. The fourth-order valence-electron chi connectivity index (χ4n) is 2.36. The number of rotatable bonds is 7. The smallest absolute Gasteiger partial charge is 0.238 e. The Balaban J connectivity index is 2.04. The zero-order valence-electron chi connectivity index (χ0n) is 14.4. The van der Waals surface area contributed by atoms with E-state index in [-0.39, 0.29) is 18.5 Å². The summed E-state index contributed by atoms with van der Waals surface area (Å²) in [6, 6.07) is 5.35. The highest BCUT2D eigenvalue weighted by atomic mass is 35.5. The van der Waals surface area contributed by atoms with Crippen LogP contribution in [0.15, 0.2) is 30.6 Å². The van der Waals surface area contributed by atoms with Crippen LogP contribution in [-0.4, -0.2) is 40.3 Å². The second-order valence-corrected chi connectivity index (χ2v) is 6.35. The van der Waals surface area contributed by atoms with Crippen molar-refractivity contribution in [1.82, 2.24) is 14.7 Å². The maximum atomic E-state index is 12.4. The first-order valence-corrected chi connectivity index (χ1v) is 8.11. The zero-order chi connectivity index (χ0) is 17.7. The molecule has 0 aliphatic rings. The summed E-state index contributed by atoms with van der Waals surface area (Å²) in [5.41, 5.74) is 1.64. The number of amides is 1. The summed E-state index contributed by atoms with van der Waals surface area (Å²) in [6.45, 7) is 5.04. The average molecular weight is 351 g/mol. The van der Waals surface area contributed by atoms with E-state index in [1.165, 1.54) is 0 Å². The van der Waals surface area contributed by atoms with E-state index in [1.54, 1.807) is 30.0 Å². The minimum Gasteiger partial charge on any atom is -0.495 e. The minimum atomic E-state index is -0.117. The molecule has 1 aromatic carbocycles. The highest BCUT2D eigenvalue weighted by Gasteiger charge is 2.16. The molecule has 0 aliphatic heterocycles. The molecule has 0 saturated heterocycles. The third-order valence-electron chi connectivity index (χ3n) is 3.66. The summed E-state index contributed by atoms with van der Waals surface area (Å²) < 4.78 is 7.01. The Kier molecular flexibility index (Phi) is 6.23. The number of carbonyl (C=O) groups excluding carboxylic acids is 1. The summed E-state index contributed by atoms with van der Waals surface area (Å²) in [5, 5.41) is 7.58. The largest absolute Gasteiger partial charge is 0.495 e. The first-order chi connectivity index (χ1) is 11.4. The standard InChI is InChI=1S/C17H23ClN4O2/c1-12(2)22(10-13-8-19-21(3)9-13)11-17(23)20-15-7-14(18)5-6-16(15)24-4/h5-9,12H,10-11H2,1-4H3,(H,20,23). The molecule has 0 bridgehead atoms. The maximum absolute atomic E-state index is 12.4. The van der Waals surface area contributed by atoms with E-state index in [2.05, 4.69) is 29.2 Å². The number of halogens is 1. The van der Waals surface area contributed by atoms with Crippen LogP contribution in [0.25, 0.3) is 0 Å². The number of aromatic nitrogens is 2. The van der Waals surface area contributed by atoms with E-state index >= 15 is 0 Å². The van der Waals surface area contributed by atoms with Crippen LogP contribution in [0, 0.1) is 0 Å². The topological polar surface area (TPSA) is 59.4 Å². The fourth-order valence-corrected chi connectivity index (χ4v) is 2.53. The van der Waals surface area contributed by atoms with Gasteiger partial charge < -0.3 is 10.1 Å². The Labute approximate surface area is 147 Å². The van der Waals surface area contributed by atoms with Crippen LogP contribution < -0.4 is 10.1 Å². The molecule has 1 N–H and O–H groups in total. The molecule has 6 nitrogen and oxygen atoms in total. The monoisotopic (exact) mass is 350 g/mol. The molecule has 24 heavy (non-hydrogen) atoms. The fraction of sp³-hybridized carbons (Fsp3) is 0.412. The molecule has 2 rings (SSSR count). The lowest BCUT2D eigenvalue weighted by atomic mass is 10.2. The van der Waals surface area contributed by atoms with Crippen LogP contribution in [0.1, 0.15) is 19.4 Å². The highest BCUT2D eigenvalue weighted by molar-refractivity contribution is 6.31. The van der Waals surface area contributed by atoms with Crippen molar-refractivity contribution in [1.29, 1.82) is 0 Å². The van der Waals surface area contributed by atoms with Gasteiger partial charge in [-0.2, -0.15) is 5.10 Å². The maximum Gasteiger partial charge on any atom is 0.238 e. The molecular formula is C17H23ClN4O2. The Bertz CT molecular complexity index is 700. The van der Waals surface area contributed by atoms with E-state index in [4.69, 9.17) is 16.3 Å². The Morgan fingerprint density at radius 2 is 2.21 bits per heavy atom. The van der Waals surface area contributed by atoms with Crippen molar-refractivity contribution in [3.63, 3.8) is 0 Å². The first kappa shape index (κ1) is 18.3. The van der Waals surface area contributed by atoms with Crippen LogP contribution in [0.2, 0.25) is 5.02 Å². The summed E-state index contributed by atoms with van der Waals surface area (Å²) in [4.78, 5) is 14.5. The van der Waals surface area contributed by atoms with E-state index in [0.717, 1.165) is 5.56 Å². The lowest BCUT2D eigenvalue weighted by Crippen LogP contribution is -2.37. The highest BCUT2D eigenvalue weighted by Crippen LogP contribution is 2.27. The third-order valence-corrected chi connectivity index (χ3v) is 3.89. The predicted molar refractivity (Wildman–Crippen MR) is 95.4 cm³/mol. The molecule has 0 radical (unpaired) electrons. The van der Waals surface area contributed by atoms with Crippen LogP contribution in [0.5, 0.6) is 5.75 Å². The second kappa shape index (κ2) is 8.17. The Morgan fingerprint density at radius 3 is 2.79 bits per heavy atom. The number of ether oxygens (including phenoxy) is 1. The minimum absolute atomic E-state index is 0.117. The van der Waals surface area contributed by atoms with Crippen molar-refractivity contribution in [3.05, 3.63) is 41.2 Å². The lowest BCUT2D eigenvalue weighted by molar-refractivity contribution is -0.117. The molecular weight excluding hydrogens is 328 g/mol. The van der Waals surface area contributed by atoms with E-state index in [1.807, 2.05) is 19.4 Å². The van der Waals surface area contributed by atoms with Gasteiger partial charge in [-0.25, -0.2) is 0 Å².